The monoisotopic (exact) mass is 349 g/mol. The smallest absolute Gasteiger partial charge is 0.290 e. The number of amides is 1. The summed E-state index contributed by atoms with van der Waals surface area (Å²) in [6, 6.07) is 2.91. The van der Waals surface area contributed by atoms with E-state index >= 15 is 0 Å². The highest BCUT2D eigenvalue weighted by molar-refractivity contribution is 6.09. The van der Waals surface area contributed by atoms with E-state index in [1.807, 2.05) is 13.8 Å². The number of hydrogen-bond acceptors (Lipinski definition) is 6. The van der Waals surface area contributed by atoms with Gasteiger partial charge in [0.1, 0.15) is 11.5 Å². The van der Waals surface area contributed by atoms with Crippen molar-refractivity contribution in [1.29, 1.82) is 0 Å². The number of phenols is 2. The van der Waals surface area contributed by atoms with Gasteiger partial charge in [-0.2, -0.15) is 0 Å². The Morgan fingerprint density at radius 2 is 1.92 bits per heavy atom. The number of hydrogen-bond donors (Lipinski definition) is 4. The molecule has 1 atom stereocenters. The number of nitrogens with zero attached hydrogens (tertiary/aromatic N) is 1. The maximum absolute atomic E-state index is 12.6. The van der Waals surface area contributed by atoms with Gasteiger partial charge in [-0.3, -0.25) is 9.59 Å². The van der Waals surface area contributed by atoms with Crippen LogP contribution >= 0.6 is 0 Å². The summed E-state index contributed by atoms with van der Waals surface area (Å²) in [5.74, 6) is -2.11. The molecule has 0 aromatic heterocycles. The molecule has 1 heterocycles. The largest absolute Gasteiger partial charge is 0.508 e. The van der Waals surface area contributed by atoms with E-state index in [1.54, 1.807) is 0 Å². The minimum atomic E-state index is -0.953. The van der Waals surface area contributed by atoms with Gasteiger partial charge >= 0.3 is 0 Å². The summed E-state index contributed by atoms with van der Waals surface area (Å²) in [6.07, 6.45) is 0.413. The van der Waals surface area contributed by atoms with Crippen molar-refractivity contribution >= 4 is 11.7 Å². The molecule has 7 heteroatoms. The Balaban J connectivity index is 2.53. The maximum atomic E-state index is 12.6. The quantitative estimate of drug-likeness (QED) is 0.596. The van der Waals surface area contributed by atoms with Crippen LogP contribution in [0.15, 0.2) is 29.5 Å². The molecule has 136 valence electrons. The van der Waals surface area contributed by atoms with Crippen molar-refractivity contribution in [2.24, 2.45) is 5.92 Å². The lowest BCUT2D eigenvalue weighted by Gasteiger charge is -2.27. The Morgan fingerprint density at radius 3 is 2.48 bits per heavy atom. The zero-order chi connectivity index (χ0) is 18.7. The number of Topliss-reactive ketones (excluding diaryl/α,β-unsaturated/α-hetero) is 1. The lowest BCUT2D eigenvalue weighted by molar-refractivity contribution is -0.129. The molecule has 0 saturated carbocycles. The van der Waals surface area contributed by atoms with E-state index in [1.165, 1.54) is 17.0 Å². The number of aliphatic hydroxyl groups is 2. The summed E-state index contributed by atoms with van der Waals surface area (Å²) in [4.78, 5) is 26.3. The van der Waals surface area contributed by atoms with Gasteiger partial charge in [0.15, 0.2) is 11.5 Å². The van der Waals surface area contributed by atoms with Crippen molar-refractivity contribution < 1.29 is 30.0 Å². The molecular formula is C18H23NO6. The van der Waals surface area contributed by atoms with Gasteiger partial charge in [0, 0.05) is 31.2 Å². The lowest BCUT2D eigenvalue weighted by atomic mass is 9.91. The molecule has 0 saturated heterocycles. The third-order valence-electron chi connectivity index (χ3n) is 4.06. The SMILES string of the molecule is CC(C)CC(=O)C1=C(O)C(=O)N(CCCO)C1c1ccc(O)cc1O. The number of rotatable bonds is 7. The van der Waals surface area contributed by atoms with Crippen LogP contribution in [0.25, 0.3) is 0 Å². The molecule has 1 amide bonds. The van der Waals surface area contributed by atoms with E-state index in [9.17, 15) is 24.9 Å². The van der Waals surface area contributed by atoms with Crippen LogP contribution in [0.1, 0.15) is 38.3 Å². The highest BCUT2D eigenvalue weighted by Gasteiger charge is 2.44. The Labute approximate surface area is 145 Å². The van der Waals surface area contributed by atoms with E-state index < -0.39 is 17.7 Å². The topological polar surface area (TPSA) is 118 Å². The molecule has 0 bridgehead atoms. The van der Waals surface area contributed by atoms with Crippen LogP contribution in [-0.4, -0.2) is 50.2 Å². The molecule has 1 aromatic rings. The van der Waals surface area contributed by atoms with Gasteiger partial charge in [-0.25, -0.2) is 0 Å². The van der Waals surface area contributed by atoms with Gasteiger partial charge < -0.3 is 25.3 Å². The molecule has 1 aromatic carbocycles. The van der Waals surface area contributed by atoms with Gasteiger partial charge in [0.2, 0.25) is 0 Å². The highest BCUT2D eigenvalue weighted by Crippen LogP contribution is 2.42. The van der Waals surface area contributed by atoms with Crippen LogP contribution in [0.4, 0.5) is 0 Å². The van der Waals surface area contributed by atoms with E-state index in [2.05, 4.69) is 0 Å². The van der Waals surface area contributed by atoms with Crippen molar-refractivity contribution in [2.45, 2.75) is 32.7 Å². The molecule has 0 radical (unpaired) electrons. The summed E-state index contributed by atoms with van der Waals surface area (Å²) in [5, 5.41) is 39.0. The number of aliphatic hydroxyl groups excluding tert-OH is 2. The van der Waals surface area contributed by atoms with Crippen molar-refractivity contribution in [1.82, 2.24) is 4.90 Å². The first-order valence-electron chi connectivity index (χ1n) is 8.18. The Kier molecular flexibility index (Phi) is 5.69. The Hall–Kier alpha value is -2.54. The number of aromatic hydroxyl groups is 2. The Bertz CT molecular complexity index is 710. The summed E-state index contributed by atoms with van der Waals surface area (Å²) >= 11 is 0. The third-order valence-corrected chi connectivity index (χ3v) is 4.06. The van der Waals surface area contributed by atoms with Crippen molar-refractivity contribution in [2.75, 3.05) is 13.2 Å². The molecule has 4 N–H and O–H groups in total. The summed E-state index contributed by atoms with van der Waals surface area (Å²) < 4.78 is 0. The first-order valence-corrected chi connectivity index (χ1v) is 8.18. The molecule has 7 nitrogen and oxygen atoms in total. The molecular weight excluding hydrogens is 326 g/mol. The van der Waals surface area contributed by atoms with Crippen LogP contribution in [0, 0.1) is 5.92 Å². The molecule has 25 heavy (non-hydrogen) atoms. The van der Waals surface area contributed by atoms with Crippen LogP contribution in [0.2, 0.25) is 0 Å². The second kappa shape index (κ2) is 7.57. The lowest BCUT2D eigenvalue weighted by Crippen LogP contribution is -2.32. The second-order valence-corrected chi connectivity index (χ2v) is 6.50. The van der Waals surface area contributed by atoms with Crippen LogP contribution in [0.5, 0.6) is 11.5 Å². The van der Waals surface area contributed by atoms with Gasteiger partial charge in [0.05, 0.1) is 11.6 Å². The van der Waals surface area contributed by atoms with Crippen LogP contribution < -0.4 is 0 Å². The van der Waals surface area contributed by atoms with E-state index in [0.717, 1.165) is 6.07 Å². The predicted molar refractivity (Wildman–Crippen MR) is 90.0 cm³/mol. The van der Waals surface area contributed by atoms with Gasteiger partial charge in [-0.05, 0) is 24.5 Å². The number of carbonyl (C=O) groups is 2. The molecule has 1 aliphatic rings. The van der Waals surface area contributed by atoms with E-state index in [0.29, 0.717) is 0 Å². The zero-order valence-electron chi connectivity index (χ0n) is 14.3. The minimum absolute atomic E-state index is 0.0310. The van der Waals surface area contributed by atoms with Crippen molar-refractivity contribution in [3.05, 3.63) is 35.1 Å². The average molecular weight is 349 g/mol. The van der Waals surface area contributed by atoms with Gasteiger partial charge in [0.25, 0.3) is 5.91 Å². The predicted octanol–water partition coefficient (Wildman–Crippen LogP) is 1.79. The molecule has 0 aliphatic carbocycles. The highest BCUT2D eigenvalue weighted by atomic mass is 16.3. The van der Waals surface area contributed by atoms with Crippen LogP contribution in [-0.2, 0) is 9.59 Å². The fourth-order valence-electron chi connectivity index (χ4n) is 2.98. The fourth-order valence-corrected chi connectivity index (χ4v) is 2.98. The molecule has 0 spiro atoms. The molecule has 0 fully saturated rings. The molecule has 2 rings (SSSR count). The molecule has 1 unspecified atom stereocenters. The first kappa shape index (κ1) is 18.8. The number of phenolic OH excluding ortho intramolecular Hbond substituents is 2. The average Bonchev–Trinajstić information content (AvgIpc) is 2.76. The van der Waals surface area contributed by atoms with Crippen molar-refractivity contribution in [3.8, 4) is 11.5 Å². The van der Waals surface area contributed by atoms with Crippen LogP contribution in [0.3, 0.4) is 0 Å². The van der Waals surface area contributed by atoms with Crippen molar-refractivity contribution in [3.63, 3.8) is 0 Å². The Morgan fingerprint density at radius 1 is 1.24 bits per heavy atom. The fraction of sp³-hybridized carbons (Fsp3) is 0.444. The normalized spacial score (nSPS) is 17.7. The standard InChI is InChI=1S/C18H23NO6/c1-10(2)8-14(23)15-16(12-5-4-11(21)9-13(12)22)19(6-3-7-20)18(25)17(15)24/h4-5,9-10,16,20-22,24H,3,6-8H2,1-2H3. The summed E-state index contributed by atoms with van der Waals surface area (Å²) in [6.45, 7) is 3.66. The van der Waals surface area contributed by atoms with E-state index in [-0.39, 0.29) is 60.3 Å². The van der Waals surface area contributed by atoms with E-state index in [4.69, 9.17) is 5.11 Å². The van der Waals surface area contributed by atoms with Gasteiger partial charge in [-0.15, -0.1) is 0 Å². The first-order chi connectivity index (χ1) is 11.8. The third kappa shape index (κ3) is 3.76. The minimum Gasteiger partial charge on any atom is -0.508 e. The summed E-state index contributed by atoms with van der Waals surface area (Å²) in [7, 11) is 0. The number of ketones is 1. The second-order valence-electron chi connectivity index (χ2n) is 6.50. The summed E-state index contributed by atoms with van der Waals surface area (Å²) in [5.41, 5.74) is 0.179. The maximum Gasteiger partial charge on any atom is 0.290 e. The number of carbonyl (C=O) groups excluding carboxylic acids is 2. The van der Waals surface area contributed by atoms with Gasteiger partial charge in [-0.1, -0.05) is 13.8 Å². The number of benzene rings is 1. The molecule has 1 aliphatic heterocycles. The zero-order valence-corrected chi connectivity index (χ0v) is 14.3.